The Morgan fingerprint density at radius 2 is 1.97 bits per heavy atom. The number of hydrogen-bond donors (Lipinski definition) is 0. The van der Waals surface area contributed by atoms with Gasteiger partial charge in [-0.3, -0.25) is 4.79 Å². The van der Waals surface area contributed by atoms with E-state index in [2.05, 4.69) is 29.1 Å². The summed E-state index contributed by atoms with van der Waals surface area (Å²) in [5.41, 5.74) is 6.95. The van der Waals surface area contributed by atoms with Gasteiger partial charge in [-0.2, -0.15) is 0 Å². The van der Waals surface area contributed by atoms with Gasteiger partial charge in [0, 0.05) is 30.3 Å². The number of nitrogens with zero attached hydrogens (tertiary/aromatic N) is 3. The van der Waals surface area contributed by atoms with E-state index in [0.29, 0.717) is 29.7 Å². The van der Waals surface area contributed by atoms with E-state index in [0.717, 1.165) is 62.9 Å². The molecule has 2 aromatic carbocycles. The lowest BCUT2D eigenvalue weighted by atomic mass is 9.88. The van der Waals surface area contributed by atoms with Crippen molar-refractivity contribution in [2.45, 2.75) is 63.7 Å². The molecule has 4 heterocycles. The molecule has 1 atom stereocenters. The summed E-state index contributed by atoms with van der Waals surface area (Å²) in [5, 5.41) is 5.22. The molecule has 3 aromatic rings. The molecule has 1 saturated heterocycles. The van der Waals surface area contributed by atoms with E-state index in [1.54, 1.807) is 6.07 Å². The monoisotopic (exact) mass is 461 g/mol. The van der Waals surface area contributed by atoms with Crippen LogP contribution in [0.25, 0.3) is 11.0 Å². The minimum absolute atomic E-state index is 0.282. The fourth-order valence-electron chi connectivity index (χ4n) is 6.22. The number of amides is 1. The summed E-state index contributed by atoms with van der Waals surface area (Å²) in [6, 6.07) is 9.43. The number of benzene rings is 2. The highest BCUT2D eigenvalue weighted by molar-refractivity contribution is 5.99. The van der Waals surface area contributed by atoms with Crippen LogP contribution in [0.5, 0.6) is 0 Å². The summed E-state index contributed by atoms with van der Waals surface area (Å²) in [6.45, 7) is 6.33. The first-order chi connectivity index (χ1) is 16.6. The number of halogens is 1. The Bertz CT molecular complexity index is 1230. The van der Waals surface area contributed by atoms with Crippen molar-refractivity contribution in [2.24, 2.45) is 0 Å². The molecule has 3 aliphatic rings. The summed E-state index contributed by atoms with van der Waals surface area (Å²) < 4.78 is 18.8. The Kier molecular flexibility index (Phi) is 5.64. The van der Waals surface area contributed by atoms with E-state index >= 15 is 0 Å². The average Bonchev–Trinajstić information content (AvgIpc) is 3.45. The van der Waals surface area contributed by atoms with Crippen LogP contribution in [0.4, 0.5) is 10.1 Å². The number of rotatable bonds is 6. The van der Waals surface area contributed by atoms with Crippen molar-refractivity contribution in [2.75, 3.05) is 31.1 Å². The molecule has 0 N–H and O–H groups in total. The van der Waals surface area contributed by atoms with E-state index in [-0.39, 0.29) is 5.82 Å². The van der Waals surface area contributed by atoms with E-state index in [4.69, 9.17) is 4.52 Å². The molecule has 1 aromatic heterocycles. The van der Waals surface area contributed by atoms with Gasteiger partial charge in [-0.15, -0.1) is 0 Å². The number of hydrogen-bond acceptors (Lipinski definition) is 4. The Balaban J connectivity index is 1.01. The lowest BCUT2D eigenvalue weighted by Crippen LogP contribution is -2.34. The molecule has 0 bridgehead atoms. The highest BCUT2D eigenvalue weighted by atomic mass is 19.1. The molecule has 34 heavy (non-hydrogen) atoms. The van der Waals surface area contributed by atoms with Crippen LogP contribution in [0.3, 0.4) is 0 Å². The van der Waals surface area contributed by atoms with Crippen LogP contribution < -0.4 is 4.90 Å². The van der Waals surface area contributed by atoms with Crippen LogP contribution in [0, 0.1) is 5.82 Å². The maximum Gasteiger partial charge on any atom is 0.227 e. The first kappa shape index (κ1) is 21.8. The molecule has 0 saturated carbocycles. The molecular formula is C28H32FN3O2. The lowest BCUT2D eigenvalue weighted by molar-refractivity contribution is -0.119. The largest absolute Gasteiger partial charge is 0.356 e. The van der Waals surface area contributed by atoms with Gasteiger partial charge in [0.1, 0.15) is 5.82 Å². The van der Waals surface area contributed by atoms with Gasteiger partial charge < -0.3 is 14.3 Å². The number of carbonyl (C=O) groups excluding carboxylic acids is 1. The first-order valence-corrected chi connectivity index (χ1v) is 12.8. The fourth-order valence-corrected chi connectivity index (χ4v) is 6.22. The third-order valence-electron chi connectivity index (χ3n) is 8.09. The number of aryl methyl sites for hydroxylation is 1. The zero-order valence-electron chi connectivity index (χ0n) is 19.9. The maximum absolute atomic E-state index is 13.4. The second kappa shape index (κ2) is 8.81. The number of piperidine rings is 1. The molecule has 0 aliphatic carbocycles. The predicted octanol–water partition coefficient (Wildman–Crippen LogP) is 5.57. The summed E-state index contributed by atoms with van der Waals surface area (Å²) in [6.07, 6.45) is 7.28. The molecule has 1 fully saturated rings. The predicted molar refractivity (Wildman–Crippen MR) is 131 cm³/mol. The molecule has 5 nitrogen and oxygen atoms in total. The van der Waals surface area contributed by atoms with E-state index < -0.39 is 0 Å². The number of anilines is 1. The van der Waals surface area contributed by atoms with Gasteiger partial charge in [0.25, 0.3) is 0 Å². The van der Waals surface area contributed by atoms with Gasteiger partial charge >= 0.3 is 0 Å². The summed E-state index contributed by atoms with van der Waals surface area (Å²) >= 11 is 0. The number of carbonyl (C=O) groups is 1. The molecule has 3 aliphatic heterocycles. The highest BCUT2D eigenvalue weighted by Gasteiger charge is 2.34. The minimum Gasteiger partial charge on any atom is -0.356 e. The van der Waals surface area contributed by atoms with Crippen LogP contribution in [-0.2, 0) is 17.6 Å². The van der Waals surface area contributed by atoms with Gasteiger partial charge in [0.2, 0.25) is 5.91 Å². The van der Waals surface area contributed by atoms with Gasteiger partial charge in [-0.05, 0) is 92.9 Å². The topological polar surface area (TPSA) is 49.6 Å². The number of unbranched alkanes of at least 4 members (excludes halogenated alkanes) is 1. The van der Waals surface area contributed by atoms with Crippen molar-refractivity contribution >= 4 is 22.6 Å². The lowest BCUT2D eigenvalue weighted by Gasteiger charge is -2.31. The SMILES string of the molecule is CC1CC(=O)N2CCc3cc(CCCCN4CCC(c5noc6cc(F)ccc56)CC4)cc1c32. The Labute approximate surface area is 199 Å². The smallest absolute Gasteiger partial charge is 0.227 e. The molecule has 0 spiro atoms. The fraction of sp³-hybridized carbons (Fsp3) is 0.500. The van der Waals surface area contributed by atoms with Crippen molar-refractivity contribution in [3.05, 3.63) is 58.5 Å². The molecule has 1 amide bonds. The molecule has 6 rings (SSSR count). The minimum atomic E-state index is -0.282. The Hall–Kier alpha value is -2.73. The third-order valence-corrected chi connectivity index (χ3v) is 8.09. The number of fused-ring (bicyclic) bond motifs is 1. The van der Waals surface area contributed by atoms with Crippen LogP contribution in [0.15, 0.2) is 34.9 Å². The quantitative estimate of drug-likeness (QED) is 0.451. The van der Waals surface area contributed by atoms with Crippen molar-refractivity contribution in [3.63, 3.8) is 0 Å². The molecule has 1 unspecified atom stereocenters. The van der Waals surface area contributed by atoms with Gasteiger partial charge in [-0.25, -0.2) is 4.39 Å². The van der Waals surface area contributed by atoms with Gasteiger partial charge in [0.05, 0.1) is 11.4 Å². The van der Waals surface area contributed by atoms with Crippen LogP contribution >= 0.6 is 0 Å². The van der Waals surface area contributed by atoms with Crippen LogP contribution in [-0.4, -0.2) is 42.1 Å². The van der Waals surface area contributed by atoms with E-state index in [1.807, 2.05) is 4.90 Å². The Morgan fingerprint density at radius 3 is 2.82 bits per heavy atom. The molecule has 178 valence electrons. The van der Waals surface area contributed by atoms with Crippen molar-refractivity contribution in [1.29, 1.82) is 0 Å². The van der Waals surface area contributed by atoms with Crippen molar-refractivity contribution in [3.8, 4) is 0 Å². The second-order valence-corrected chi connectivity index (χ2v) is 10.4. The number of likely N-dealkylation sites (tertiary alicyclic amines) is 1. The molecule has 0 radical (unpaired) electrons. The van der Waals surface area contributed by atoms with Crippen LogP contribution in [0.2, 0.25) is 0 Å². The maximum atomic E-state index is 13.4. The van der Waals surface area contributed by atoms with Crippen LogP contribution in [0.1, 0.15) is 73.2 Å². The average molecular weight is 462 g/mol. The first-order valence-electron chi connectivity index (χ1n) is 12.8. The van der Waals surface area contributed by atoms with Gasteiger partial charge in [-0.1, -0.05) is 24.2 Å². The number of aromatic nitrogens is 1. The van der Waals surface area contributed by atoms with Crippen molar-refractivity contribution in [1.82, 2.24) is 10.1 Å². The summed E-state index contributed by atoms with van der Waals surface area (Å²) in [7, 11) is 0. The standard InChI is InChI=1S/C28H32FN3O2/c1-18-14-26(33)32-13-9-21-15-19(16-24(18)28(21)32)4-2-3-10-31-11-7-20(8-12-31)27-23-6-5-22(29)17-25(23)34-30-27/h5-6,15-18,20H,2-4,7-14H2,1H3. The molecule has 6 heteroatoms. The Morgan fingerprint density at radius 1 is 1.12 bits per heavy atom. The highest BCUT2D eigenvalue weighted by Crippen LogP contribution is 2.42. The van der Waals surface area contributed by atoms with E-state index in [1.165, 1.54) is 47.4 Å². The molecular weight excluding hydrogens is 429 g/mol. The zero-order chi connectivity index (χ0) is 23.2. The second-order valence-electron chi connectivity index (χ2n) is 10.4. The van der Waals surface area contributed by atoms with Gasteiger partial charge in [0.15, 0.2) is 5.58 Å². The van der Waals surface area contributed by atoms with Crippen molar-refractivity contribution < 1.29 is 13.7 Å². The third kappa shape index (κ3) is 3.92. The normalized spacial score (nSPS) is 20.9. The summed E-state index contributed by atoms with van der Waals surface area (Å²) in [5.74, 6) is 0.731. The zero-order valence-corrected chi connectivity index (χ0v) is 19.9. The summed E-state index contributed by atoms with van der Waals surface area (Å²) in [4.78, 5) is 16.9. The van der Waals surface area contributed by atoms with E-state index in [9.17, 15) is 9.18 Å².